The summed E-state index contributed by atoms with van der Waals surface area (Å²) < 4.78 is 0. The van der Waals surface area contributed by atoms with Crippen molar-refractivity contribution in [1.82, 2.24) is 9.97 Å². The minimum atomic E-state index is 0.298. The maximum absolute atomic E-state index is 9.81. The molecular formula is C5H7N3O. The lowest BCUT2D eigenvalue weighted by Crippen LogP contribution is -1.79. The number of hydrogen-bond donors (Lipinski definition) is 1. The Morgan fingerprint density at radius 1 is 1.89 bits per heavy atom. The standard InChI is InChI=1S/C5H7N3O/c1-2-4-6-3-5(7-4)8-9/h3H,2H2,1H3,(H,6,7). The number of aromatic nitrogens is 2. The van der Waals surface area contributed by atoms with Gasteiger partial charge in [0.25, 0.3) is 0 Å². The first-order chi connectivity index (χ1) is 4.36. The van der Waals surface area contributed by atoms with Gasteiger partial charge in [-0.3, -0.25) is 0 Å². The van der Waals surface area contributed by atoms with Crippen LogP contribution in [0.3, 0.4) is 0 Å². The molecule has 0 atom stereocenters. The largest absolute Gasteiger partial charge is 0.324 e. The molecule has 1 aromatic rings. The number of rotatable bonds is 2. The van der Waals surface area contributed by atoms with Gasteiger partial charge >= 0.3 is 0 Å². The smallest absolute Gasteiger partial charge is 0.194 e. The first-order valence-corrected chi connectivity index (χ1v) is 2.74. The molecule has 1 rings (SSSR count). The van der Waals surface area contributed by atoms with Crippen molar-refractivity contribution < 1.29 is 0 Å². The highest BCUT2D eigenvalue weighted by atomic mass is 16.3. The van der Waals surface area contributed by atoms with Crippen molar-refractivity contribution in [3.05, 3.63) is 16.9 Å². The van der Waals surface area contributed by atoms with E-state index in [0.717, 1.165) is 12.2 Å². The fraction of sp³-hybridized carbons (Fsp3) is 0.400. The molecule has 0 aromatic carbocycles. The van der Waals surface area contributed by atoms with Crippen LogP contribution in [-0.4, -0.2) is 9.97 Å². The second-order valence-corrected chi connectivity index (χ2v) is 1.66. The van der Waals surface area contributed by atoms with Gasteiger partial charge in [-0.1, -0.05) is 6.92 Å². The second kappa shape index (κ2) is 2.39. The highest BCUT2D eigenvalue weighted by Gasteiger charge is 1.94. The number of aryl methyl sites for hydroxylation is 1. The molecule has 9 heavy (non-hydrogen) atoms. The predicted molar refractivity (Wildman–Crippen MR) is 33.4 cm³/mol. The second-order valence-electron chi connectivity index (χ2n) is 1.66. The normalized spacial score (nSPS) is 9.44. The van der Waals surface area contributed by atoms with Crippen LogP contribution in [0.2, 0.25) is 0 Å². The molecule has 0 aliphatic heterocycles. The van der Waals surface area contributed by atoms with E-state index >= 15 is 0 Å². The summed E-state index contributed by atoms with van der Waals surface area (Å²) in [4.78, 5) is 16.4. The summed E-state index contributed by atoms with van der Waals surface area (Å²) in [5.74, 6) is 1.09. The molecule has 0 saturated heterocycles. The Morgan fingerprint density at radius 2 is 2.67 bits per heavy atom. The van der Waals surface area contributed by atoms with Crippen LogP contribution in [-0.2, 0) is 6.42 Å². The van der Waals surface area contributed by atoms with E-state index < -0.39 is 0 Å². The topological polar surface area (TPSA) is 58.1 Å². The van der Waals surface area contributed by atoms with Gasteiger partial charge < -0.3 is 4.98 Å². The van der Waals surface area contributed by atoms with Crippen LogP contribution in [0, 0.1) is 4.91 Å². The third-order valence-electron chi connectivity index (χ3n) is 1.05. The molecule has 0 unspecified atom stereocenters. The number of nitrogens with zero attached hydrogens (tertiary/aromatic N) is 2. The molecule has 0 saturated carbocycles. The summed E-state index contributed by atoms with van der Waals surface area (Å²) in [6.45, 7) is 1.95. The van der Waals surface area contributed by atoms with Crippen molar-refractivity contribution >= 4 is 5.82 Å². The van der Waals surface area contributed by atoms with E-state index in [1.807, 2.05) is 6.92 Å². The van der Waals surface area contributed by atoms with E-state index in [4.69, 9.17) is 0 Å². The Hall–Kier alpha value is -1.19. The number of imidazole rings is 1. The van der Waals surface area contributed by atoms with E-state index in [0.29, 0.717) is 5.82 Å². The van der Waals surface area contributed by atoms with Crippen molar-refractivity contribution in [3.8, 4) is 0 Å². The minimum absolute atomic E-state index is 0.298. The van der Waals surface area contributed by atoms with Crippen LogP contribution in [0.25, 0.3) is 0 Å². The third kappa shape index (κ3) is 1.13. The van der Waals surface area contributed by atoms with Gasteiger partial charge in [0.15, 0.2) is 5.82 Å². The zero-order valence-corrected chi connectivity index (χ0v) is 5.09. The maximum atomic E-state index is 9.81. The van der Waals surface area contributed by atoms with Crippen molar-refractivity contribution in [2.45, 2.75) is 13.3 Å². The minimum Gasteiger partial charge on any atom is -0.324 e. The molecule has 0 aliphatic rings. The highest BCUT2D eigenvalue weighted by Crippen LogP contribution is 2.05. The molecule has 4 nitrogen and oxygen atoms in total. The molecule has 0 amide bonds. The molecule has 0 radical (unpaired) electrons. The summed E-state index contributed by atoms with van der Waals surface area (Å²) >= 11 is 0. The van der Waals surface area contributed by atoms with E-state index in [1.54, 1.807) is 0 Å². The van der Waals surface area contributed by atoms with Crippen molar-refractivity contribution in [2.24, 2.45) is 5.18 Å². The first-order valence-electron chi connectivity index (χ1n) is 2.74. The summed E-state index contributed by atoms with van der Waals surface area (Å²) in [7, 11) is 0. The van der Waals surface area contributed by atoms with Crippen LogP contribution in [0.5, 0.6) is 0 Å². The van der Waals surface area contributed by atoms with Crippen LogP contribution < -0.4 is 0 Å². The summed E-state index contributed by atoms with van der Waals surface area (Å²) in [6, 6.07) is 0. The molecule has 0 bridgehead atoms. The predicted octanol–water partition coefficient (Wildman–Crippen LogP) is 1.37. The number of hydrogen-bond acceptors (Lipinski definition) is 3. The van der Waals surface area contributed by atoms with Crippen molar-refractivity contribution in [3.63, 3.8) is 0 Å². The maximum Gasteiger partial charge on any atom is 0.194 e. The number of aromatic amines is 1. The van der Waals surface area contributed by atoms with Gasteiger partial charge in [0.2, 0.25) is 0 Å². The van der Waals surface area contributed by atoms with Crippen molar-refractivity contribution in [2.75, 3.05) is 0 Å². The van der Waals surface area contributed by atoms with E-state index in [1.165, 1.54) is 6.20 Å². The molecule has 1 N–H and O–H groups in total. The zero-order chi connectivity index (χ0) is 6.69. The third-order valence-corrected chi connectivity index (χ3v) is 1.05. The van der Waals surface area contributed by atoms with Crippen LogP contribution in [0.4, 0.5) is 5.82 Å². The van der Waals surface area contributed by atoms with Gasteiger partial charge in [-0.05, 0) is 5.18 Å². The number of H-pyrrole nitrogens is 1. The Balaban J connectivity index is 2.86. The Kier molecular flexibility index (Phi) is 1.58. The lowest BCUT2D eigenvalue weighted by Gasteiger charge is -1.81. The molecular weight excluding hydrogens is 118 g/mol. The molecule has 4 heteroatoms. The number of nitrogens with one attached hydrogen (secondary N) is 1. The van der Waals surface area contributed by atoms with Gasteiger partial charge in [-0.25, -0.2) is 4.98 Å². The molecule has 48 valence electrons. The average molecular weight is 125 g/mol. The van der Waals surface area contributed by atoms with Crippen LogP contribution in [0.1, 0.15) is 12.7 Å². The van der Waals surface area contributed by atoms with Crippen molar-refractivity contribution in [1.29, 1.82) is 0 Å². The number of nitroso groups, excluding NO2 is 1. The lowest BCUT2D eigenvalue weighted by atomic mass is 10.5. The lowest BCUT2D eigenvalue weighted by molar-refractivity contribution is 0.989. The molecule has 0 spiro atoms. The van der Waals surface area contributed by atoms with E-state index in [9.17, 15) is 4.91 Å². The monoisotopic (exact) mass is 125 g/mol. The molecule has 0 aliphatic carbocycles. The van der Waals surface area contributed by atoms with Gasteiger partial charge in [0.05, 0.1) is 6.20 Å². The summed E-state index contributed by atoms with van der Waals surface area (Å²) in [6.07, 6.45) is 2.22. The van der Waals surface area contributed by atoms with Gasteiger partial charge in [-0.15, -0.1) is 4.91 Å². The fourth-order valence-corrected chi connectivity index (χ4v) is 0.578. The average Bonchev–Trinajstić information content (AvgIpc) is 2.34. The van der Waals surface area contributed by atoms with Crippen LogP contribution >= 0.6 is 0 Å². The Bertz CT molecular complexity index is 206. The highest BCUT2D eigenvalue weighted by molar-refractivity contribution is 5.22. The molecule has 1 aromatic heterocycles. The van der Waals surface area contributed by atoms with Crippen LogP contribution in [0.15, 0.2) is 11.4 Å². The van der Waals surface area contributed by atoms with Gasteiger partial charge in [-0.2, -0.15) is 0 Å². The fourth-order valence-electron chi connectivity index (χ4n) is 0.578. The summed E-state index contributed by atoms with van der Waals surface area (Å²) in [5.41, 5.74) is 0. The van der Waals surface area contributed by atoms with Gasteiger partial charge in [0, 0.05) is 6.42 Å². The molecule has 0 fully saturated rings. The Labute approximate surface area is 52.3 Å². The van der Waals surface area contributed by atoms with Gasteiger partial charge in [0.1, 0.15) is 5.82 Å². The first kappa shape index (κ1) is 5.94. The SMILES string of the molecule is CCc1ncc(N=O)[nH]1. The zero-order valence-electron chi connectivity index (χ0n) is 5.09. The van der Waals surface area contributed by atoms with E-state index in [2.05, 4.69) is 15.1 Å². The van der Waals surface area contributed by atoms with E-state index in [-0.39, 0.29) is 0 Å². The Morgan fingerprint density at radius 3 is 3.00 bits per heavy atom. The summed E-state index contributed by atoms with van der Waals surface area (Å²) in [5, 5.41) is 2.67. The quantitative estimate of drug-likeness (QED) is 0.607. The molecule has 1 heterocycles.